The highest BCUT2D eigenvalue weighted by Gasteiger charge is 2.19. The minimum Gasteiger partial charge on any atom is -0.380 e. The molecular formula is C90H98Cl4F4N6O10. The molecule has 0 spiro atoms. The molecule has 0 atom stereocenters. The molecule has 0 saturated carbocycles. The van der Waals surface area contributed by atoms with Crippen LogP contribution in [0.3, 0.4) is 0 Å². The lowest BCUT2D eigenvalue weighted by atomic mass is 9.94. The number of carbonyl (C=O) groups excluding carboxylic acids is 5. The maximum Gasteiger partial charge on any atom is 0.319 e. The average molecular weight is 1640 g/mol. The molecule has 0 aliphatic heterocycles. The lowest BCUT2D eigenvalue weighted by Crippen LogP contribution is -2.34. The summed E-state index contributed by atoms with van der Waals surface area (Å²) in [5.74, 6) is -3.00. The van der Waals surface area contributed by atoms with E-state index in [2.05, 4.69) is 31.9 Å². The minimum atomic E-state index is -0.910. The van der Waals surface area contributed by atoms with Crippen LogP contribution in [0.25, 0.3) is 55.6 Å². The van der Waals surface area contributed by atoms with Crippen molar-refractivity contribution in [2.75, 3.05) is 52.7 Å². The highest BCUT2D eigenvalue weighted by molar-refractivity contribution is 6.35. The zero-order chi connectivity index (χ0) is 83.7. The summed E-state index contributed by atoms with van der Waals surface area (Å²) in [4.78, 5) is 59.9. The van der Waals surface area contributed by atoms with Gasteiger partial charge in [-0.2, -0.15) is 0 Å². The number of anilines is 2. The Morgan fingerprint density at radius 3 is 1.14 bits per heavy atom. The van der Waals surface area contributed by atoms with E-state index < -0.39 is 23.3 Å². The van der Waals surface area contributed by atoms with Gasteiger partial charge in [-0.1, -0.05) is 127 Å². The first-order chi connectivity index (χ1) is 54.4. The Hall–Kier alpha value is -9.97. The molecule has 0 aliphatic carbocycles. The van der Waals surface area contributed by atoms with E-state index in [4.69, 9.17) is 70.1 Å². The van der Waals surface area contributed by atoms with Crippen LogP contribution in [0.4, 0.5) is 38.5 Å². The number of ketones is 1. The summed E-state index contributed by atoms with van der Waals surface area (Å²) >= 11 is 24.1. The molecule has 604 valence electrons. The Kier molecular flexibility index (Phi) is 38.3. The van der Waals surface area contributed by atoms with Crippen LogP contribution in [0.1, 0.15) is 128 Å². The number of Topliss-reactive ketones (excluding diaryl/α,β-unsaturated/α-hetero) is 1. The summed E-state index contributed by atoms with van der Waals surface area (Å²) in [6.45, 7) is 19.7. The molecule has 0 aromatic heterocycles. The standard InChI is InChI=1S/C19H20Cl2O2.C18H21ClN2O2.2C18H19F2NO2.C17H19ClN2O2/c1-12(2)6-19(22)13-4-5-18(15(7-13)11-23-3)14-8-16(20)10-17(21)9-14;1-12(2)20-18(22)21-16-8-9-17(14(10-16)11-23-3)13-4-6-15(19)7-5-13;1-11(2)21-18(22)13-4-6-15(14(8-13)10-23-3)12-5-7-16(19)17(20)9-12;1-11(2)21-18(22)12-4-6-15(13(8-12)10-23-3)16-7-5-14(19)9-17(16)20;1-3-19-17(21)20-15-8-9-16(13(10-15)11-22-2)12-4-6-14(18)7-5-12/h4-5,7-10,12H,6,11H2,1-3H3;4-10,12H,11H2,1-3H3,(H2,20,21,22);2*4-9,11H,10H2,1-3H3,(H,21,22);4-10H,3,11H2,1-2H3,(H2,19,20,21). The highest BCUT2D eigenvalue weighted by Crippen LogP contribution is 2.35. The molecule has 0 fully saturated rings. The second-order valence-electron chi connectivity index (χ2n) is 27.5. The van der Waals surface area contributed by atoms with Crippen LogP contribution in [0, 0.1) is 29.2 Å². The fourth-order valence-corrected chi connectivity index (χ4v) is 12.4. The molecule has 114 heavy (non-hydrogen) atoms. The average Bonchev–Trinajstić information content (AvgIpc) is 0.817. The molecule has 6 N–H and O–H groups in total. The van der Waals surface area contributed by atoms with Gasteiger partial charge in [0.1, 0.15) is 11.6 Å². The van der Waals surface area contributed by atoms with Crippen molar-refractivity contribution in [2.45, 2.75) is 120 Å². The maximum atomic E-state index is 14.0. The van der Waals surface area contributed by atoms with Gasteiger partial charge in [0.25, 0.3) is 11.8 Å². The van der Waals surface area contributed by atoms with Crippen molar-refractivity contribution in [1.29, 1.82) is 0 Å². The number of methoxy groups -OCH3 is 5. The molecule has 0 radical (unpaired) electrons. The number of hydrogen-bond donors (Lipinski definition) is 6. The van der Waals surface area contributed by atoms with E-state index >= 15 is 0 Å². The van der Waals surface area contributed by atoms with E-state index in [0.29, 0.717) is 97.7 Å². The maximum absolute atomic E-state index is 14.0. The number of rotatable bonds is 26. The van der Waals surface area contributed by atoms with Crippen LogP contribution < -0.4 is 31.9 Å². The molecule has 6 amide bonds. The van der Waals surface area contributed by atoms with Crippen LogP contribution in [-0.2, 0) is 56.7 Å². The molecule has 10 aromatic rings. The quantitative estimate of drug-likeness (QED) is 0.0224. The molecule has 16 nitrogen and oxygen atoms in total. The molecule has 24 heteroatoms. The summed E-state index contributed by atoms with van der Waals surface area (Å²) in [7, 11) is 7.99. The fourth-order valence-electron chi connectivity index (χ4n) is 11.6. The molecule has 0 bridgehead atoms. The number of amides is 6. The zero-order valence-corrected chi connectivity index (χ0v) is 69.4. The van der Waals surface area contributed by atoms with Gasteiger partial charge in [0.05, 0.1) is 33.0 Å². The van der Waals surface area contributed by atoms with Crippen molar-refractivity contribution in [3.8, 4) is 55.6 Å². The van der Waals surface area contributed by atoms with Crippen LogP contribution in [-0.4, -0.2) is 89.9 Å². The predicted molar refractivity (Wildman–Crippen MR) is 452 cm³/mol. The van der Waals surface area contributed by atoms with Gasteiger partial charge >= 0.3 is 12.1 Å². The first-order valence-corrected chi connectivity index (χ1v) is 38.1. The second-order valence-corrected chi connectivity index (χ2v) is 29.2. The molecular weight excluding hydrogens is 1540 g/mol. The molecule has 0 unspecified atom stereocenters. The van der Waals surface area contributed by atoms with Gasteiger partial charge in [-0.05, 0) is 254 Å². The molecule has 10 aromatic carbocycles. The second kappa shape index (κ2) is 47.0. The first kappa shape index (κ1) is 92.9. The Morgan fingerprint density at radius 1 is 0.342 bits per heavy atom. The van der Waals surface area contributed by atoms with Gasteiger partial charge in [0.15, 0.2) is 17.4 Å². The van der Waals surface area contributed by atoms with Crippen molar-refractivity contribution in [1.82, 2.24) is 21.3 Å². The van der Waals surface area contributed by atoms with Gasteiger partial charge < -0.3 is 55.6 Å². The Balaban J connectivity index is 0.000000222. The van der Waals surface area contributed by atoms with Crippen molar-refractivity contribution in [3.05, 3.63) is 282 Å². The smallest absolute Gasteiger partial charge is 0.319 e. The number of nitrogens with one attached hydrogen (secondary N) is 6. The fraction of sp³-hybridized carbons (Fsp3) is 0.278. The normalized spacial score (nSPS) is 10.8. The third kappa shape index (κ3) is 29.8. The Morgan fingerprint density at radius 2 is 0.719 bits per heavy atom. The summed E-state index contributed by atoms with van der Waals surface area (Å²) in [5, 5.41) is 19.3. The number of benzene rings is 10. The van der Waals surface area contributed by atoms with Gasteiger partial charge in [0.2, 0.25) is 0 Å². The summed E-state index contributed by atoms with van der Waals surface area (Å²) in [5.41, 5.74) is 15.7. The highest BCUT2D eigenvalue weighted by atomic mass is 35.5. The lowest BCUT2D eigenvalue weighted by Gasteiger charge is -2.14. The van der Waals surface area contributed by atoms with E-state index in [-0.39, 0.29) is 66.6 Å². The number of urea groups is 2. The summed E-state index contributed by atoms with van der Waals surface area (Å²) < 4.78 is 79.8. The topological polar surface area (TPSA) is 204 Å². The molecule has 0 saturated heterocycles. The van der Waals surface area contributed by atoms with E-state index in [0.717, 1.165) is 85.2 Å². The first-order valence-electron chi connectivity index (χ1n) is 36.6. The third-order valence-electron chi connectivity index (χ3n) is 16.5. The van der Waals surface area contributed by atoms with Crippen LogP contribution >= 0.6 is 46.4 Å². The number of hydrogen-bond acceptors (Lipinski definition) is 10. The Labute approximate surface area is 685 Å². The van der Waals surface area contributed by atoms with E-state index in [9.17, 15) is 41.5 Å². The molecule has 0 aliphatic rings. The molecule has 10 rings (SSSR count). The van der Waals surface area contributed by atoms with Crippen LogP contribution in [0.2, 0.25) is 20.1 Å². The monoisotopic (exact) mass is 1640 g/mol. The van der Waals surface area contributed by atoms with Crippen molar-refractivity contribution in [2.24, 2.45) is 5.92 Å². The Bertz CT molecular complexity index is 4840. The van der Waals surface area contributed by atoms with E-state index in [1.165, 1.54) is 32.4 Å². The summed E-state index contributed by atoms with van der Waals surface area (Å²) in [6.07, 6.45) is 0.536. The number of halogens is 8. The minimum absolute atomic E-state index is 0.0163. The van der Waals surface area contributed by atoms with Gasteiger partial charge in [0, 0.05) is 126 Å². The third-order valence-corrected chi connectivity index (χ3v) is 17.5. The zero-order valence-electron chi connectivity index (χ0n) is 66.3. The van der Waals surface area contributed by atoms with Gasteiger partial charge in [-0.3, -0.25) is 14.4 Å². The van der Waals surface area contributed by atoms with Crippen molar-refractivity contribution in [3.63, 3.8) is 0 Å². The summed E-state index contributed by atoms with van der Waals surface area (Å²) in [6, 6.07) is 54.8. The number of carbonyl (C=O) groups is 5. The van der Waals surface area contributed by atoms with Crippen molar-refractivity contribution >= 4 is 87.4 Å². The van der Waals surface area contributed by atoms with Crippen LogP contribution in [0.5, 0.6) is 0 Å². The SMILES string of the molecule is CCNC(=O)Nc1ccc(-c2ccc(Cl)cc2)c(COC)c1.COCc1cc(C(=O)CC(C)C)ccc1-c1cc(Cl)cc(Cl)c1.COCc1cc(C(=O)NC(C)C)ccc1-c1ccc(F)c(F)c1.COCc1cc(C(=O)NC(C)C)ccc1-c1ccc(F)cc1F.COCc1cc(NC(=O)NC(C)C)ccc1-c1ccc(Cl)cc1. The van der Waals surface area contributed by atoms with Gasteiger partial charge in [-0.25, -0.2) is 27.2 Å². The van der Waals surface area contributed by atoms with Gasteiger partial charge in [-0.15, -0.1) is 0 Å². The van der Waals surface area contributed by atoms with Crippen LogP contribution in [0.15, 0.2) is 194 Å². The number of ether oxygens (including phenoxy) is 5. The van der Waals surface area contributed by atoms with E-state index in [1.807, 2.05) is 178 Å². The van der Waals surface area contributed by atoms with E-state index in [1.54, 1.807) is 63.8 Å². The predicted octanol–water partition coefficient (Wildman–Crippen LogP) is 22.8. The largest absolute Gasteiger partial charge is 0.380 e. The van der Waals surface area contributed by atoms with Crippen molar-refractivity contribution < 1.29 is 65.2 Å². The molecule has 0 heterocycles. The lowest BCUT2D eigenvalue weighted by molar-refractivity contribution is 0.0934.